The first kappa shape index (κ1) is 13.0. The van der Waals surface area contributed by atoms with Crippen molar-refractivity contribution in [2.75, 3.05) is 12.3 Å². The Bertz CT molecular complexity index is 368. The van der Waals surface area contributed by atoms with E-state index in [1.54, 1.807) is 12.3 Å². The minimum Gasteiger partial charge on any atom is -0.383 e. The number of nitrogens with one attached hydrogen (secondary N) is 1. The molecule has 0 aliphatic heterocycles. The number of anilines is 1. The molecular weight excluding hydrogens is 270 g/mol. The Morgan fingerprint density at radius 1 is 1.56 bits per heavy atom. The number of halogens is 1. The number of pyridine rings is 1. The van der Waals surface area contributed by atoms with Crippen LogP contribution in [0.5, 0.6) is 0 Å². The fourth-order valence-corrected chi connectivity index (χ4v) is 1.64. The van der Waals surface area contributed by atoms with Gasteiger partial charge in [0.1, 0.15) is 5.82 Å². The Balaban J connectivity index is 2.55. The van der Waals surface area contributed by atoms with Gasteiger partial charge in [0.05, 0.1) is 5.56 Å². The van der Waals surface area contributed by atoms with Crippen LogP contribution >= 0.6 is 15.9 Å². The number of carbonyl (C=O) groups excluding carboxylic acids is 1. The summed E-state index contributed by atoms with van der Waals surface area (Å²) in [5, 5.41) is 2.82. The number of carbonyl (C=O) groups is 1. The molecule has 1 aromatic rings. The fourth-order valence-electron chi connectivity index (χ4n) is 1.30. The largest absolute Gasteiger partial charge is 0.383 e. The van der Waals surface area contributed by atoms with Crippen LogP contribution in [0.15, 0.2) is 16.7 Å². The maximum absolute atomic E-state index is 11.7. The van der Waals surface area contributed by atoms with Crippen LogP contribution in [0.3, 0.4) is 0 Å². The maximum atomic E-state index is 11.7. The lowest BCUT2D eigenvalue weighted by atomic mass is 10.2. The van der Waals surface area contributed by atoms with Crippen LogP contribution in [0.25, 0.3) is 0 Å². The number of rotatable bonds is 5. The normalized spacial score (nSPS) is 10.1. The molecular formula is C11H16BrN3O. The third kappa shape index (κ3) is 3.81. The highest BCUT2D eigenvalue weighted by Crippen LogP contribution is 2.15. The van der Waals surface area contributed by atoms with Crippen molar-refractivity contribution in [1.29, 1.82) is 0 Å². The van der Waals surface area contributed by atoms with Gasteiger partial charge in [-0.2, -0.15) is 0 Å². The van der Waals surface area contributed by atoms with E-state index in [4.69, 9.17) is 5.73 Å². The zero-order chi connectivity index (χ0) is 12.0. The molecule has 4 nitrogen and oxygen atoms in total. The predicted octanol–water partition coefficient (Wildman–Crippen LogP) is 2.35. The van der Waals surface area contributed by atoms with Crippen molar-refractivity contribution in [3.63, 3.8) is 0 Å². The average Bonchev–Trinajstić information content (AvgIpc) is 2.27. The summed E-state index contributed by atoms with van der Waals surface area (Å²) < 4.78 is 0.750. The van der Waals surface area contributed by atoms with Crippen LogP contribution in [0.1, 0.15) is 36.5 Å². The van der Waals surface area contributed by atoms with Crippen LogP contribution in [-0.4, -0.2) is 17.4 Å². The van der Waals surface area contributed by atoms with Crippen LogP contribution in [-0.2, 0) is 0 Å². The van der Waals surface area contributed by atoms with Crippen molar-refractivity contribution >= 4 is 27.7 Å². The van der Waals surface area contributed by atoms with E-state index in [9.17, 15) is 4.79 Å². The number of unbranched alkanes of at least 4 members (excludes halogenated alkanes) is 2. The van der Waals surface area contributed by atoms with Gasteiger partial charge in [-0.25, -0.2) is 4.98 Å². The zero-order valence-corrected chi connectivity index (χ0v) is 10.9. The van der Waals surface area contributed by atoms with Crippen LogP contribution in [0.4, 0.5) is 5.82 Å². The van der Waals surface area contributed by atoms with Crippen molar-refractivity contribution in [1.82, 2.24) is 10.3 Å². The van der Waals surface area contributed by atoms with E-state index in [0.717, 1.165) is 23.7 Å². The van der Waals surface area contributed by atoms with Gasteiger partial charge in [0, 0.05) is 17.2 Å². The number of nitrogens with two attached hydrogens (primary N) is 1. The molecule has 16 heavy (non-hydrogen) atoms. The molecule has 1 rings (SSSR count). The molecule has 0 bridgehead atoms. The van der Waals surface area contributed by atoms with E-state index in [1.807, 2.05) is 0 Å². The second-order valence-corrected chi connectivity index (χ2v) is 4.47. The van der Waals surface area contributed by atoms with Gasteiger partial charge in [-0.15, -0.1) is 0 Å². The van der Waals surface area contributed by atoms with Crippen molar-refractivity contribution < 1.29 is 4.79 Å². The molecule has 0 saturated heterocycles. The molecule has 3 N–H and O–H groups in total. The number of nitrogens with zero attached hydrogens (tertiary/aromatic N) is 1. The summed E-state index contributed by atoms with van der Waals surface area (Å²) in [6.45, 7) is 2.80. The van der Waals surface area contributed by atoms with Crippen LogP contribution < -0.4 is 11.1 Å². The van der Waals surface area contributed by atoms with Gasteiger partial charge in [0.25, 0.3) is 5.91 Å². The molecule has 5 heteroatoms. The smallest absolute Gasteiger partial charge is 0.255 e. The Morgan fingerprint density at radius 3 is 3.00 bits per heavy atom. The summed E-state index contributed by atoms with van der Waals surface area (Å²) in [6.07, 6.45) is 4.82. The molecule has 0 aliphatic rings. The molecule has 1 aromatic heterocycles. The zero-order valence-electron chi connectivity index (χ0n) is 9.29. The predicted molar refractivity (Wildman–Crippen MR) is 68.2 cm³/mol. The van der Waals surface area contributed by atoms with Crippen LogP contribution in [0, 0.1) is 0 Å². The van der Waals surface area contributed by atoms with Gasteiger partial charge < -0.3 is 11.1 Å². The van der Waals surface area contributed by atoms with Crippen molar-refractivity contribution in [2.24, 2.45) is 0 Å². The molecule has 0 aliphatic carbocycles. The van der Waals surface area contributed by atoms with Crippen molar-refractivity contribution in [2.45, 2.75) is 26.2 Å². The second kappa shape index (κ2) is 6.48. The Labute approximate surface area is 104 Å². The summed E-state index contributed by atoms with van der Waals surface area (Å²) >= 11 is 3.26. The fraction of sp³-hybridized carbons (Fsp3) is 0.455. The van der Waals surface area contributed by atoms with E-state index in [-0.39, 0.29) is 11.7 Å². The molecule has 0 aromatic carbocycles. The summed E-state index contributed by atoms with van der Waals surface area (Å²) in [4.78, 5) is 15.6. The van der Waals surface area contributed by atoms with E-state index in [2.05, 4.69) is 33.2 Å². The van der Waals surface area contributed by atoms with E-state index < -0.39 is 0 Å². The highest BCUT2D eigenvalue weighted by molar-refractivity contribution is 9.10. The van der Waals surface area contributed by atoms with E-state index in [0.29, 0.717) is 12.1 Å². The van der Waals surface area contributed by atoms with Crippen molar-refractivity contribution in [3.8, 4) is 0 Å². The summed E-state index contributed by atoms with van der Waals surface area (Å²) in [7, 11) is 0. The molecule has 0 unspecified atom stereocenters. The van der Waals surface area contributed by atoms with Gasteiger partial charge >= 0.3 is 0 Å². The molecule has 0 saturated carbocycles. The second-order valence-electron chi connectivity index (χ2n) is 3.55. The third-order valence-electron chi connectivity index (χ3n) is 2.20. The molecule has 0 spiro atoms. The van der Waals surface area contributed by atoms with Gasteiger partial charge in [0.2, 0.25) is 0 Å². The van der Waals surface area contributed by atoms with Crippen LogP contribution in [0.2, 0.25) is 0 Å². The lowest BCUT2D eigenvalue weighted by Crippen LogP contribution is -2.25. The first-order valence-corrected chi connectivity index (χ1v) is 6.13. The third-order valence-corrected chi connectivity index (χ3v) is 2.63. The number of hydrogen-bond donors (Lipinski definition) is 2. The standard InChI is InChI=1S/C11H16BrN3O/c1-2-3-4-5-14-11(16)9-6-8(12)7-15-10(9)13/h6-7H,2-5H2,1H3,(H2,13,15)(H,14,16). The molecule has 0 atom stereocenters. The van der Waals surface area contributed by atoms with Crippen molar-refractivity contribution in [3.05, 3.63) is 22.3 Å². The SMILES string of the molecule is CCCCCNC(=O)c1cc(Br)cnc1N. The number of hydrogen-bond acceptors (Lipinski definition) is 3. The molecule has 0 radical (unpaired) electrons. The van der Waals surface area contributed by atoms with Gasteiger partial charge in [-0.1, -0.05) is 19.8 Å². The van der Waals surface area contributed by atoms with E-state index >= 15 is 0 Å². The molecule has 0 fully saturated rings. The molecule has 88 valence electrons. The maximum Gasteiger partial charge on any atom is 0.255 e. The summed E-state index contributed by atoms with van der Waals surface area (Å²) in [6, 6.07) is 1.68. The average molecular weight is 286 g/mol. The highest BCUT2D eigenvalue weighted by Gasteiger charge is 2.10. The number of aromatic nitrogens is 1. The Morgan fingerprint density at radius 2 is 2.31 bits per heavy atom. The first-order chi connectivity index (χ1) is 7.65. The van der Waals surface area contributed by atoms with E-state index in [1.165, 1.54) is 0 Å². The molecule has 1 heterocycles. The lowest BCUT2D eigenvalue weighted by Gasteiger charge is -2.06. The highest BCUT2D eigenvalue weighted by atomic mass is 79.9. The number of nitrogen functional groups attached to an aromatic ring is 1. The Hall–Kier alpha value is -1.10. The summed E-state index contributed by atoms with van der Waals surface area (Å²) in [5.41, 5.74) is 6.05. The van der Waals surface area contributed by atoms with Gasteiger partial charge in [-0.3, -0.25) is 4.79 Å². The minimum atomic E-state index is -0.164. The topological polar surface area (TPSA) is 68.0 Å². The van der Waals surface area contributed by atoms with Gasteiger partial charge in [-0.05, 0) is 28.4 Å². The molecule has 1 amide bonds. The monoisotopic (exact) mass is 285 g/mol. The first-order valence-electron chi connectivity index (χ1n) is 5.34. The summed E-state index contributed by atoms with van der Waals surface area (Å²) in [5.74, 6) is 0.0959. The number of amides is 1. The Kier molecular flexibility index (Phi) is 5.25. The van der Waals surface area contributed by atoms with Gasteiger partial charge in [0.15, 0.2) is 0 Å². The lowest BCUT2D eigenvalue weighted by molar-refractivity contribution is 0.0953. The minimum absolute atomic E-state index is 0.164. The quantitative estimate of drug-likeness (QED) is 0.816.